The van der Waals surface area contributed by atoms with E-state index in [0.717, 1.165) is 12.8 Å². The molecule has 1 fully saturated rings. The summed E-state index contributed by atoms with van der Waals surface area (Å²) in [6.45, 7) is 3.02. The summed E-state index contributed by atoms with van der Waals surface area (Å²) in [7, 11) is 0. The number of nitrogens with one attached hydrogen (secondary N) is 1. The number of nitrogen functional groups attached to an aromatic ring is 1. The zero-order chi connectivity index (χ0) is 11.5. The number of halogens is 1. The lowest BCUT2D eigenvalue weighted by atomic mass is 9.99. The topological polar surface area (TPSA) is 73.1 Å². The van der Waals surface area contributed by atoms with E-state index in [9.17, 15) is 4.39 Å². The van der Waals surface area contributed by atoms with Gasteiger partial charge in [0.15, 0.2) is 11.6 Å². The molecule has 0 atom stereocenters. The molecule has 0 aromatic carbocycles. The molecule has 16 heavy (non-hydrogen) atoms. The number of nitrogens with two attached hydrogens (primary N) is 1. The SMILES string of the molecule is Cc1nc(C2CCOCC2)nc(NN)c1F. The second-order valence-electron chi connectivity index (χ2n) is 3.86. The number of anilines is 1. The van der Waals surface area contributed by atoms with Crippen molar-refractivity contribution in [2.45, 2.75) is 25.7 Å². The number of aromatic nitrogens is 2. The van der Waals surface area contributed by atoms with Crippen molar-refractivity contribution < 1.29 is 9.13 Å². The molecule has 0 spiro atoms. The van der Waals surface area contributed by atoms with Gasteiger partial charge in [-0.1, -0.05) is 0 Å². The Bertz CT molecular complexity index is 379. The second kappa shape index (κ2) is 4.71. The lowest BCUT2D eigenvalue weighted by Gasteiger charge is -2.21. The standard InChI is InChI=1S/C10H15FN4O/c1-6-8(11)10(15-12)14-9(13-6)7-2-4-16-5-3-7/h7H,2-5,12H2,1H3,(H,13,14,15). The fourth-order valence-electron chi connectivity index (χ4n) is 1.81. The largest absolute Gasteiger partial charge is 0.381 e. The summed E-state index contributed by atoms with van der Waals surface area (Å²) in [4.78, 5) is 8.27. The summed E-state index contributed by atoms with van der Waals surface area (Å²) < 4.78 is 18.7. The highest BCUT2D eigenvalue weighted by Gasteiger charge is 2.21. The van der Waals surface area contributed by atoms with Gasteiger partial charge in [-0.15, -0.1) is 0 Å². The lowest BCUT2D eigenvalue weighted by Crippen LogP contribution is -2.19. The van der Waals surface area contributed by atoms with Crippen molar-refractivity contribution in [1.29, 1.82) is 0 Å². The summed E-state index contributed by atoms with van der Waals surface area (Å²) >= 11 is 0. The van der Waals surface area contributed by atoms with Gasteiger partial charge in [0, 0.05) is 19.1 Å². The monoisotopic (exact) mass is 226 g/mol. The van der Waals surface area contributed by atoms with Gasteiger partial charge in [-0.2, -0.15) is 0 Å². The van der Waals surface area contributed by atoms with Gasteiger partial charge < -0.3 is 10.2 Å². The molecule has 2 rings (SSSR count). The van der Waals surface area contributed by atoms with Crippen molar-refractivity contribution >= 4 is 5.82 Å². The maximum atomic E-state index is 13.5. The molecule has 2 heterocycles. The maximum Gasteiger partial charge on any atom is 0.187 e. The molecule has 1 aliphatic heterocycles. The molecule has 1 aromatic rings. The number of ether oxygens (including phenoxy) is 1. The number of hydrogen-bond acceptors (Lipinski definition) is 5. The molecule has 1 saturated heterocycles. The van der Waals surface area contributed by atoms with Crippen molar-refractivity contribution in [3.63, 3.8) is 0 Å². The highest BCUT2D eigenvalue weighted by atomic mass is 19.1. The fraction of sp³-hybridized carbons (Fsp3) is 0.600. The average Bonchev–Trinajstić information content (AvgIpc) is 2.33. The molecule has 0 amide bonds. The Labute approximate surface area is 93.2 Å². The van der Waals surface area contributed by atoms with Crippen LogP contribution in [0.15, 0.2) is 0 Å². The van der Waals surface area contributed by atoms with Crippen LogP contribution in [0.1, 0.15) is 30.3 Å². The van der Waals surface area contributed by atoms with Crippen molar-refractivity contribution in [3.05, 3.63) is 17.3 Å². The molecule has 0 bridgehead atoms. The molecule has 5 nitrogen and oxygen atoms in total. The summed E-state index contributed by atoms with van der Waals surface area (Å²) in [5.41, 5.74) is 2.58. The Morgan fingerprint density at radius 3 is 2.69 bits per heavy atom. The Morgan fingerprint density at radius 1 is 1.38 bits per heavy atom. The first-order valence-corrected chi connectivity index (χ1v) is 5.30. The van der Waals surface area contributed by atoms with E-state index in [1.807, 2.05) is 0 Å². The van der Waals surface area contributed by atoms with Gasteiger partial charge in [-0.05, 0) is 19.8 Å². The summed E-state index contributed by atoms with van der Waals surface area (Å²) in [6, 6.07) is 0. The Hall–Kier alpha value is -1.27. The second-order valence-corrected chi connectivity index (χ2v) is 3.86. The smallest absolute Gasteiger partial charge is 0.187 e. The van der Waals surface area contributed by atoms with E-state index in [2.05, 4.69) is 15.4 Å². The Kier molecular flexibility index (Phi) is 3.31. The number of rotatable bonds is 2. The van der Waals surface area contributed by atoms with Gasteiger partial charge >= 0.3 is 0 Å². The van der Waals surface area contributed by atoms with Gasteiger partial charge in [-0.3, -0.25) is 0 Å². The zero-order valence-corrected chi connectivity index (χ0v) is 9.16. The molecular formula is C10H15FN4O. The minimum atomic E-state index is -0.488. The van der Waals surface area contributed by atoms with Crippen LogP contribution in [0, 0.1) is 12.7 Å². The first-order chi connectivity index (χ1) is 7.72. The van der Waals surface area contributed by atoms with Crippen molar-refractivity contribution in [1.82, 2.24) is 9.97 Å². The Balaban J connectivity index is 2.29. The molecule has 0 radical (unpaired) electrons. The zero-order valence-electron chi connectivity index (χ0n) is 9.16. The normalized spacial score (nSPS) is 17.4. The van der Waals surface area contributed by atoms with E-state index in [-0.39, 0.29) is 11.7 Å². The third kappa shape index (κ3) is 2.12. The van der Waals surface area contributed by atoms with E-state index in [4.69, 9.17) is 10.6 Å². The van der Waals surface area contributed by atoms with E-state index in [0.29, 0.717) is 24.7 Å². The van der Waals surface area contributed by atoms with Gasteiger partial charge in [0.1, 0.15) is 5.82 Å². The van der Waals surface area contributed by atoms with E-state index in [1.54, 1.807) is 6.92 Å². The third-order valence-electron chi connectivity index (χ3n) is 2.76. The van der Waals surface area contributed by atoms with Gasteiger partial charge in [0.2, 0.25) is 0 Å². The van der Waals surface area contributed by atoms with Gasteiger partial charge in [0.05, 0.1) is 5.69 Å². The minimum Gasteiger partial charge on any atom is -0.381 e. The number of hydrazine groups is 1. The van der Waals surface area contributed by atoms with Crippen LogP contribution in [0.5, 0.6) is 0 Å². The molecular weight excluding hydrogens is 211 g/mol. The lowest BCUT2D eigenvalue weighted by molar-refractivity contribution is 0.0835. The number of nitrogens with zero attached hydrogens (tertiary/aromatic N) is 2. The van der Waals surface area contributed by atoms with Crippen LogP contribution in [-0.2, 0) is 4.74 Å². The molecule has 0 saturated carbocycles. The van der Waals surface area contributed by atoms with Crippen LogP contribution in [-0.4, -0.2) is 23.2 Å². The predicted molar refractivity (Wildman–Crippen MR) is 57.3 cm³/mol. The number of hydrogen-bond donors (Lipinski definition) is 2. The van der Waals surface area contributed by atoms with Crippen LogP contribution in [0.4, 0.5) is 10.2 Å². The summed E-state index contributed by atoms with van der Waals surface area (Å²) in [5, 5.41) is 0. The number of aryl methyl sites for hydroxylation is 1. The third-order valence-corrected chi connectivity index (χ3v) is 2.76. The van der Waals surface area contributed by atoms with Crippen LogP contribution < -0.4 is 11.3 Å². The summed E-state index contributed by atoms with van der Waals surface area (Å²) in [5.74, 6) is 5.67. The molecule has 1 aromatic heterocycles. The summed E-state index contributed by atoms with van der Waals surface area (Å²) in [6.07, 6.45) is 1.74. The minimum absolute atomic E-state index is 0.0639. The van der Waals surface area contributed by atoms with Crippen LogP contribution in [0.2, 0.25) is 0 Å². The first-order valence-electron chi connectivity index (χ1n) is 5.30. The maximum absolute atomic E-state index is 13.5. The van der Waals surface area contributed by atoms with Crippen molar-refractivity contribution in [2.75, 3.05) is 18.6 Å². The van der Waals surface area contributed by atoms with Crippen LogP contribution >= 0.6 is 0 Å². The molecule has 3 N–H and O–H groups in total. The fourth-order valence-corrected chi connectivity index (χ4v) is 1.81. The average molecular weight is 226 g/mol. The predicted octanol–water partition coefficient (Wildman–Crippen LogP) is 1.10. The molecule has 1 aliphatic rings. The van der Waals surface area contributed by atoms with E-state index in [1.165, 1.54) is 0 Å². The first kappa shape index (κ1) is 11.2. The van der Waals surface area contributed by atoms with Gasteiger partial charge in [-0.25, -0.2) is 20.2 Å². The molecule has 6 heteroatoms. The quantitative estimate of drug-likeness (QED) is 0.583. The Morgan fingerprint density at radius 2 is 2.06 bits per heavy atom. The van der Waals surface area contributed by atoms with Gasteiger partial charge in [0.25, 0.3) is 0 Å². The van der Waals surface area contributed by atoms with Crippen LogP contribution in [0.3, 0.4) is 0 Å². The molecule has 0 unspecified atom stereocenters. The van der Waals surface area contributed by atoms with Crippen LogP contribution in [0.25, 0.3) is 0 Å². The highest BCUT2D eigenvalue weighted by Crippen LogP contribution is 2.26. The van der Waals surface area contributed by atoms with E-state index >= 15 is 0 Å². The molecule has 88 valence electrons. The highest BCUT2D eigenvalue weighted by molar-refractivity contribution is 5.37. The van der Waals surface area contributed by atoms with Crippen molar-refractivity contribution in [2.24, 2.45) is 5.84 Å². The van der Waals surface area contributed by atoms with E-state index < -0.39 is 5.82 Å². The molecule has 0 aliphatic carbocycles. The van der Waals surface area contributed by atoms with Crippen molar-refractivity contribution in [3.8, 4) is 0 Å².